The zero-order valence-electron chi connectivity index (χ0n) is 11.2. The number of likely N-dealkylation sites (N-methyl/N-ethyl adjacent to an activating group) is 2. The fraction of sp³-hybridized carbons (Fsp3) is 0.500. The summed E-state index contributed by atoms with van der Waals surface area (Å²) in [7, 11) is 0.0440. The number of rotatable bonds is 5. The van der Waals surface area contributed by atoms with Gasteiger partial charge in [-0.2, -0.15) is 4.31 Å². The predicted octanol–water partition coefficient (Wildman–Crippen LogP) is 1.57. The van der Waals surface area contributed by atoms with Crippen LogP contribution in [0.2, 0.25) is 0 Å². The number of aryl methyl sites for hydroxylation is 2. The van der Waals surface area contributed by atoms with Crippen molar-refractivity contribution in [3.8, 4) is 0 Å². The van der Waals surface area contributed by atoms with Crippen molar-refractivity contribution < 1.29 is 8.42 Å². The predicted molar refractivity (Wildman–Crippen MR) is 76.9 cm³/mol. The van der Waals surface area contributed by atoms with Gasteiger partial charge in [-0.1, -0.05) is 6.07 Å². The molecule has 0 aliphatic carbocycles. The summed E-state index contributed by atoms with van der Waals surface area (Å²) in [5.74, 6) is 0. The van der Waals surface area contributed by atoms with Gasteiger partial charge in [0, 0.05) is 20.1 Å². The van der Waals surface area contributed by atoms with Crippen molar-refractivity contribution in [3.63, 3.8) is 0 Å². The molecule has 0 unspecified atom stereocenters. The molecule has 6 heteroatoms. The number of benzene rings is 1. The average Bonchev–Trinajstić information content (AvgIpc) is 2.29. The molecule has 0 spiro atoms. The van der Waals surface area contributed by atoms with Gasteiger partial charge in [0.05, 0.1) is 4.90 Å². The van der Waals surface area contributed by atoms with Crippen molar-refractivity contribution in [1.29, 1.82) is 0 Å². The van der Waals surface area contributed by atoms with E-state index in [4.69, 9.17) is 0 Å². The van der Waals surface area contributed by atoms with Crippen molar-refractivity contribution in [2.24, 2.45) is 0 Å². The van der Waals surface area contributed by atoms with E-state index in [0.717, 1.165) is 11.1 Å². The number of hydrogen-bond acceptors (Lipinski definition) is 3. The lowest BCUT2D eigenvalue weighted by Gasteiger charge is -2.17. The number of hydrogen-bond donors (Lipinski definition) is 1. The Morgan fingerprint density at radius 2 is 1.83 bits per heavy atom. The lowest BCUT2D eigenvalue weighted by Crippen LogP contribution is -2.32. The summed E-state index contributed by atoms with van der Waals surface area (Å²) in [6.45, 7) is 4.99. The molecule has 0 bridgehead atoms. The summed E-state index contributed by atoms with van der Waals surface area (Å²) in [6.07, 6.45) is 0. The number of sulfonamides is 1. The largest absolute Gasteiger partial charge is 0.318 e. The summed E-state index contributed by atoms with van der Waals surface area (Å²) in [4.78, 5) is 0.360. The molecular weight excluding hydrogens is 272 g/mol. The van der Waals surface area contributed by atoms with E-state index >= 15 is 0 Å². The van der Waals surface area contributed by atoms with Gasteiger partial charge in [0.15, 0.2) is 0 Å². The first-order chi connectivity index (χ1) is 7.89. The minimum atomic E-state index is -3.36. The van der Waals surface area contributed by atoms with Gasteiger partial charge in [-0.3, -0.25) is 0 Å². The molecule has 18 heavy (non-hydrogen) atoms. The van der Waals surface area contributed by atoms with Crippen molar-refractivity contribution >= 4 is 22.4 Å². The Kier molecular flexibility index (Phi) is 6.84. The van der Waals surface area contributed by atoms with Gasteiger partial charge >= 0.3 is 0 Å². The van der Waals surface area contributed by atoms with E-state index in [0.29, 0.717) is 18.0 Å². The van der Waals surface area contributed by atoms with Crippen LogP contribution in [-0.2, 0) is 10.0 Å². The topological polar surface area (TPSA) is 49.4 Å². The van der Waals surface area contributed by atoms with Crippen LogP contribution in [-0.4, -0.2) is 39.9 Å². The normalized spacial score (nSPS) is 11.4. The monoisotopic (exact) mass is 292 g/mol. The van der Waals surface area contributed by atoms with Crippen LogP contribution >= 0.6 is 12.4 Å². The molecule has 0 atom stereocenters. The standard InChI is InChI=1S/C12H20N2O2S.ClH/c1-10-5-6-12(9-11(10)2)17(15,16)14(4)8-7-13-3;/h5-6,9,13H,7-8H2,1-4H3;1H. The highest BCUT2D eigenvalue weighted by molar-refractivity contribution is 7.89. The van der Waals surface area contributed by atoms with Crippen LogP contribution in [0.5, 0.6) is 0 Å². The minimum Gasteiger partial charge on any atom is -0.318 e. The van der Waals surface area contributed by atoms with E-state index in [-0.39, 0.29) is 12.4 Å². The van der Waals surface area contributed by atoms with E-state index in [1.54, 1.807) is 26.2 Å². The molecule has 1 aromatic carbocycles. The zero-order chi connectivity index (χ0) is 13.1. The molecule has 0 saturated carbocycles. The molecule has 1 aromatic rings. The van der Waals surface area contributed by atoms with Gasteiger partial charge < -0.3 is 5.32 Å². The van der Waals surface area contributed by atoms with E-state index < -0.39 is 10.0 Å². The van der Waals surface area contributed by atoms with Crippen molar-refractivity contribution in [1.82, 2.24) is 9.62 Å². The Labute approximate surface area is 116 Å². The van der Waals surface area contributed by atoms with Gasteiger partial charge in [-0.15, -0.1) is 12.4 Å². The highest BCUT2D eigenvalue weighted by Crippen LogP contribution is 2.17. The lowest BCUT2D eigenvalue weighted by molar-refractivity contribution is 0.466. The molecule has 0 fully saturated rings. The second-order valence-electron chi connectivity index (χ2n) is 4.18. The van der Waals surface area contributed by atoms with Gasteiger partial charge in [0.2, 0.25) is 10.0 Å². The van der Waals surface area contributed by atoms with Gasteiger partial charge in [0.1, 0.15) is 0 Å². The Hall–Kier alpha value is -0.620. The van der Waals surface area contributed by atoms with Crippen molar-refractivity contribution in [3.05, 3.63) is 29.3 Å². The number of halogens is 1. The SMILES string of the molecule is CNCCN(C)S(=O)(=O)c1ccc(C)c(C)c1.Cl. The molecule has 0 amide bonds. The fourth-order valence-electron chi connectivity index (χ4n) is 1.44. The van der Waals surface area contributed by atoms with Gasteiger partial charge in [-0.05, 0) is 44.2 Å². The van der Waals surface area contributed by atoms with E-state index in [2.05, 4.69) is 5.32 Å². The lowest BCUT2D eigenvalue weighted by atomic mass is 10.1. The molecule has 4 nitrogen and oxygen atoms in total. The first kappa shape index (κ1) is 17.4. The Bertz CT molecular complexity index is 489. The van der Waals surface area contributed by atoms with Gasteiger partial charge in [0.25, 0.3) is 0 Å². The summed E-state index contributed by atoms with van der Waals surface area (Å²) >= 11 is 0. The molecule has 0 aliphatic rings. The van der Waals surface area contributed by atoms with Crippen LogP contribution in [0.25, 0.3) is 0 Å². The molecule has 0 heterocycles. The molecule has 1 rings (SSSR count). The number of nitrogens with one attached hydrogen (secondary N) is 1. The number of nitrogens with zero attached hydrogens (tertiary/aromatic N) is 1. The molecule has 0 radical (unpaired) electrons. The molecule has 0 saturated heterocycles. The second kappa shape index (κ2) is 7.09. The third-order valence-electron chi connectivity index (χ3n) is 2.86. The van der Waals surface area contributed by atoms with Crippen LogP contribution in [0.15, 0.2) is 23.1 Å². The van der Waals surface area contributed by atoms with E-state index in [1.807, 2.05) is 19.9 Å². The first-order valence-electron chi connectivity index (χ1n) is 5.58. The maximum Gasteiger partial charge on any atom is 0.242 e. The van der Waals surface area contributed by atoms with Gasteiger partial charge in [-0.25, -0.2) is 8.42 Å². The highest BCUT2D eigenvalue weighted by atomic mass is 35.5. The third-order valence-corrected chi connectivity index (χ3v) is 4.72. The smallest absolute Gasteiger partial charge is 0.242 e. The van der Waals surface area contributed by atoms with E-state index in [9.17, 15) is 8.42 Å². The highest BCUT2D eigenvalue weighted by Gasteiger charge is 2.20. The van der Waals surface area contributed by atoms with Crippen LogP contribution < -0.4 is 5.32 Å². The summed E-state index contributed by atoms with van der Waals surface area (Å²) < 4.78 is 25.8. The second-order valence-corrected chi connectivity index (χ2v) is 6.22. The molecule has 104 valence electrons. The Balaban J connectivity index is 0.00000289. The van der Waals surface area contributed by atoms with Crippen LogP contribution in [0.1, 0.15) is 11.1 Å². The maximum atomic E-state index is 12.2. The summed E-state index contributed by atoms with van der Waals surface area (Å²) in [6, 6.07) is 5.22. The van der Waals surface area contributed by atoms with E-state index in [1.165, 1.54) is 4.31 Å². The quantitative estimate of drug-likeness (QED) is 0.896. The van der Waals surface area contributed by atoms with Crippen molar-refractivity contribution in [2.75, 3.05) is 27.2 Å². The van der Waals surface area contributed by atoms with Crippen LogP contribution in [0.4, 0.5) is 0 Å². The van der Waals surface area contributed by atoms with Crippen molar-refractivity contribution in [2.45, 2.75) is 18.7 Å². The molecule has 0 aromatic heterocycles. The average molecular weight is 293 g/mol. The minimum absolute atomic E-state index is 0. The molecular formula is C12H21ClN2O2S. The first-order valence-corrected chi connectivity index (χ1v) is 7.02. The van der Waals surface area contributed by atoms with Crippen LogP contribution in [0, 0.1) is 13.8 Å². The molecule has 1 N–H and O–H groups in total. The zero-order valence-corrected chi connectivity index (χ0v) is 12.9. The fourth-order valence-corrected chi connectivity index (χ4v) is 2.70. The summed E-state index contributed by atoms with van der Waals surface area (Å²) in [5, 5.41) is 2.94. The Morgan fingerprint density at radius 1 is 1.22 bits per heavy atom. The maximum absolute atomic E-state index is 12.2. The third kappa shape index (κ3) is 3.95. The summed E-state index contributed by atoms with van der Waals surface area (Å²) in [5.41, 5.74) is 2.09. The molecule has 0 aliphatic heterocycles. The van der Waals surface area contributed by atoms with Crippen LogP contribution in [0.3, 0.4) is 0 Å². The Morgan fingerprint density at radius 3 is 2.33 bits per heavy atom.